The number of hydrogen-bond acceptors (Lipinski definition) is 1. The molecule has 4 aliphatic rings. The second-order valence-electron chi connectivity index (χ2n) is 8.33. The van der Waals surface area contributed by atoms with Gasteiger partial charge in [0.25, 0.3) is 0 Å². The van der Waals surface area contributed by atoms with Crippen LogP contribution < -0.4 is 0 Å². The molecule has 4 bridgehead atoms. The first-order valence-electron chi connectivity index (χ1n) is 8.16. The molecule has 1 nitrogen and oxygen atoms in total. The number of aliphatic hydroxyl groups excluding tert-OH is 1. The first-order chi connectivity index (χ1) is 8.48. The van der Waals surface area contributed by atoms with Gasteiger partial charge < -0.3 is 5.11 Å². The number of aliphatic hydroxyl groups is 1. The summed E-state index contributed by atoms with van der Waals surface area (Å²) >= 11 is 0. The van der Waals surface area contributed by atoms with Crippen molar-refractivity contribution in [3.8, 4) is 0 Å². The highest BCUT2D eigenvalue weighted by atomic mass is 16.3. The lowest BCUT2D eigenvalue weighted by Crippen LogP contribution is -2.53. The molecule has 4 fully saturated rings. The molecule has 1 N–H and O–H groups in total. The average molecular weight is 250 g/mol. The fourth-order valence-electron chi connectivity index (χ4n) is 6.02. The maximum absolute atomic E-state index is 10.9. The van der Waals surface area contributed by atoms with E-state index < -0.39 is 0 Å². The van der Waals surface area contributed by atoms with Crippen LogP contribution in [-0.4, -0.2) is 11.2 Å². The maximum atomic E-state index is 10.9. The standard InChI is InChI=1S/C17H30O/c1-11(2)4-12(3)16(18)17-8-13-5-14(9-17)7-15(6-13)10-17/h11-16,18H,4-10H2,1-3H3. The molecular formula is C17H30O. The Kier molecular flexibility index (Phi) is 3.25. The van der Waals surface area contributed by atoms with E-state index in [9.17, 15) is 5.11 Å². The van der Waals surface area contributed by atoms with Crippen LogP contribution in [-0.2, 0) is 0 Å². The molecule has 4 aliphatic carbocycles. The Hall–Kier alpha value is -0.0400. The van der Waals surface area contributed by atoms with E-state index in [-0.39, 0.29) is 6.10 Å². The van der Waals surface area contributed by atoms with E-state index in [0.29, 0.717) is 17.3 Å². The largest absolute Gasteiger partial charge is 0.392 e. The third kappa shape index (κ3) is 2.13. The average Bonchev–Trinajstić information content (AvgIpc) is 2.25. The molecule has 2 unspecified atom stereocenters. The molecule has 0 aromatic rings. The van der Waals surface area contributed by atoms with Gasteiger partial charge in [0, 0.05) is 0 Å². The first-order valence-corrected chi connectivity index (χ1v) is 8.16. The summed E-state index contributed by atoms with van der Waals surface area (Å²) in [6.07, 6.45) is 9.59. The molecule has 2 atom stereocenters. The van der Waals surface area contributed by atoms with Gasteiger partial charge in [-0.15, -0.1) is 0 Å². The second kappa shape index (κ2) is 4.51. The van der Waals surface area contributed by atoms with Crippen molar-refractivity contribution < 1.29 is 5.11 Å². The number of hydrogen-bond donors (Lipinski definition) is 1. The van der Waals surface area contributed by atoms with Crippen LogP contribution in [0.5, 0.6) is 0 Å². The number of rotatable bonds is 4. The lowest BCUT2D eigenvalue weighted by Gasteiger charge is -2.59. The summed E-state index contributed by atoms with van der Waals surface area (Å²) in [6.45, 7) is 6.84. The van der Waals surface area contributed by atoms with Crippen molar-refractivity contribution >= 4 is 0 Å². The van der Waals surface area contributed by atoms with E-state index in [1.807, 2.05) is 0 Å². The van der Waals surface area contributed by atoms with Gasteiger partial charge in [0.2, 0.25) is 0 Å². The minimum Gasteiger partial charge on any atom is -0.392 e. The molecular weight excluding hydrogens is 220 g/mol. The maximum Gasteiger partial charge on any atom is 0.0622 e. The normalized spacial score (nSPS) is 45.5. The van der Waals surface area contributed by atoms with Crippen LogP contribution in [0.3, 0.4) is 0 Å². The first kappa shape index (κ1) is 13.0. The lowest BCUT2D eigenvalue weighted by molar-refractivity contribution is -0.137. The molecule has 104 valence electrons. The molecule has 0 aliphatic heterocycles. The molecule has 4 saturated carbocycles. The zero-order chi connectivity index (χ0) is 12.9. The van der Waals surface area contributed by atoms with E-state index in [4.69, 9.17) is 0 Å². The summed E-state index contributed by atoms with van der Waals surface area (Å²) in [5, 5.41) is 10.9. The van der Waals surface area contributed by atoms with E-state index in [2.05, 4.69) is 20.8 Å². The Balaban J connectivity index is 1.74. The van der Waals surface area contributed by atoms with Gasteiger partial charge >= 0.3 is 0 Å². The zero-order valence-electron chi connectivity index (χ0n) is 12.4. The van der Waals surface area contributed by atoms with Crippen molar-refractivity contribution in [1.29, 1.82) is 0 Å². The fourth-order valence-corrected chi connectivity index (χ4v) is 6.02. The summed E-state index contributed by atoms with van der Waals surface area (Å²) in [4.78, 5) is 0. The fraction of sp³-hybridized carbons (Fsp3) is 1.00. The monoisotopic (exact) mass is 250 g/mol. The van der Waals surface area contributed by atoms with E-state index >= 15 is 0 Å². The third-order valence-corrected chi connectivity index (χ3v) is 6.10. The molecule has 18 heavy (non-hydrogen) atoms. The van der Waals surface area contributed by atoms with Crippen molar-refractivity contribution in [2.24, 2.45) is 35.0 Å². The predicted octanol–water partition coefficient (Wildman–Crippen LogP) is 4.25. The van der Waals surface area contributed by atoms with Gasteiger partial charge in [-0.25, -0.2) is 0 Å². The van der Waals surface area contributed by atoms with Crippen LogP contribution >= 0.6 is 0 Å². The van der Waals surface area contributed by atoms with Crippen LogP contribution in [0.15, 0.2) is 0 Å². The van der Waals surface area contributed by atoms with Crippen molar-refractivity contribution in [2.45, 2.75) is 71.8 Å². The van der Waals surface area contributed by atoms with Gasteiger partial charge in [0.1, 0.15) is 0 Å². The Morgan fingerprint density at radius 2 is 1.39 bits per heavy atom. The Labute approximate surface area is 112 Å². The third-order valence-electron chi connectivity index (χ3n) is 6.10. The Morgan fingerprint density at radius 1 is 0.944 bits per heavy atom. The zero-order valence-corrected chi connectivity index (χ0v) is 12.4. The smallest absolute Gasteiger partial charge is 0.0622 e. The SMILES string of the molecule is CC(C)CC(C)C(O)C12CC3CC(CC(C3)C1)C2. The van der Waals surface area contributed by atoms with Crippen molar-refractivity contribution in [3.05, 3.63) is 0 Å². The van der Waals surface area contributed by atoms with Gasteiger partial charge in [-0.1, -0.05) is 20.8 Å². The van der Waals surface area contributed by atoms with Gasteiger partial charge in [-0.2, -0.15) is 0 Å². The minimum absolute atomic E-state index is 0.0340. The predicted molar refractivity (Wildman–Crippen MR) is 75.2 cm³/mol. The quantitative estimate of drug-likeness (QED) is 0.791. The molecule has 4 rings (SSSR count). The van der Waals surface area contributed by atoms with Crippen molar-refractivity contribution in [1.82, 2.24) is 0 Å². The van der Waals surface area contributed by atoms with Gasteiger partial charge in [-0.3, -0.25) is 0 Å². The summed E-state index contributed by atoms with van der Waals surface area (Å²) in [7, 11) is 0. The molecule has 0 amide bonds. The minimum atomic E-state index is -0.0340. The highest BCUT2D eigenvalue weighted by Crippen LogP contribution is 2.62. The molecule has 0 spiro atoms. The molecule has 0 aromatic carbocycles. The van der Waals surface area contributed by atoms with Gasteiger partial charge in [-0.05, 0) is 80.0 Å². The molecule has 0 heterocycles. The van der Waals surface area contributed by atoms with Crippen molar-refractivity contribution in [2.75, 3.05) is 0 Å². The Bertz CT molecular complexity index is 271. The summed E-state index contributed by atoms with van der Waals surface area (Å²) < 4.78 is 0. The van der Waals surface area contributed by atoms with Crippen LogP contribution in [0.25, 0.3) is 0 Å². The summed E-state index contributed by atoms with van der Waals surface area (Å²) in [5.74, 6) is 4.07. The highest BCUT2D eigenvalue weighted by molar-refractivity contribution is 5.05. The van der Waals surface area contributed by atoms with Crippen LogP contribution in [0.4, 0.5) is 0 Å². The van der Waals surface area contributed by atoms with E-state index in [1.165, 1.54) is 44.9 Å². The topological polar surface area (TPSA) is 20.2 Å². The second-order valence-corrected chi connectivity index (χ2v) is 8.33. The molecule has 0 saturated heterocycles. The molecule has 1 heteroatoms. The van der Waals surface area contributed by atoms with Crippen LogP contribution in [0, 0.1) is 35.0 Å². The summed E-state index contributed by atoms with van der Waals surface area (Å²) in [5.41, 5.74) is 0.322. The van der Waals surface area contributed by atoms with E-state index in [0.717, 1.165) is 17.8 Å². The van der Waals surface area contributed by atoms with E-state index in [1.54, 1.807) is 0 Å². The van der Waals surface area contributed by atoms with Crippen LogP contribution in [0.2, 0.25) is 0 Å². The highest BCUT2D eigenvalue weighted by Gasteiger charge is 2.54. The van der Waals surface area contributed by atoms with Crippen LogP contribution in [0.1, 0.15) is 65.7 Å². The summed E-state index contributed by atoms with van der Waals surface area (Å²) in [6, 6.07) is 0. The van der Waals surface area contributed by atoms with Gasteiger partial charge in [0.15, 0.2) is 0 Å². The van der Waals surface area contributed by atoms with Crippen molar-refractivity contribution in [3.63, 3.8) is 0 Å². The molecule has 0 radical (unpaired) electrons. The Morgan fingerprint density at radius 3 is 1.78 bits per heavy atom. The lowest BCUT2D eigenvalue weighted by atomic mass is 9.47. The van der Waals surface area contributed by atoms with Gasteiger partial charge in [0.05, 0.1) is 6.10 Å². The molecule has 0 aromatic heterocycles.